The van der Waals surface area contributed by atoms with Crippen LogP contribution in [0.4, 0.5) is 11.4 Å². The minimum atomic E-state index is -0.698. The largest absolute Gasteiger partial charge is 0.452 e. The number of nitrogens with one attached hydrogen (secondary N) is 1. The van der Waals surface area contributed by atoms with E-state index in [9.17, 15) is 19.2 Å². The zero-order valence-corrected chi connectivity index (χ0v) is 18.0. The van der Waals surface area contributed by atoms with Crippen molar-refractivity contribution in [3.8, 4) is 0 Å². The predicted molar refractivity (Wildman–Crippen MR) is 119 cm³/mol. The van der Waals surface area contributed by atoms with E-state index < -0.39 is 18.5 Å². The van der Waals surface area contributed by atoms with Crippen LogP contribution in [0.15, 0.2) is 60.7 Å². The maximum absolute atomic E-state index is 12.9. The van der Waals surface area contributed by atoms with E-state index in [1.807, 2.05) is 19.1 Å². The number of imide groups is 1. The molecule has 0 radical (unpaired) electrons. The number of fused-ring (bicyclic) bond motifs is 1. The summed E-state index contributed by atoms with van der Waals surface area (Å²) in [6, 6.07) is 12.7. The molecule has 0 saturated carbocycles. The fraction of sp³-hybridized carbons (Fsp3) is 0.250. The average molecular weight is 453 g/mol. The number of ether oxygens (including phenoxy) is 1. The highest BCUT2D eigenvalue weighted by Crippen LogP contribution is 2.40. The molecule has 1 N–H and O–H groups in total. The van der Waals surface area contributed by atoms with Gasteiger partial charge in [-0.25, -0.2) is 4.79 Å². The number of esters is 1. The highest BCUT2D eigenvalue weighted by Gasteiger charge is 2.50. The van der Waals surface area contributed by atoms with Crippen LogP contribution in [0.25, 0.3) is 0 Å². The molecule has 32 heavy (non-hydrogen) atoms. The normalized spacial score (nSPS) is 21.9. The van der Waals surface area contributed by atoms with Gasteiger partial charge < -0.3 is 10.1 Å². The number of allylic oxidation sites excluding steroid dienone is 2. The first-order chi connectivity index (χ1) is 15.4. The summed E-state index contributed by atoms with van der Waals surface area (Å²) in [5.41, 5.74) is 1.03. The van der Waals surface area contributed by atoms with Gasteiger partial charge in [-0.3, -0.25) is 19.3 Å². The summed E-state index contributed by atoms with van der Waals surface area (Å²) in [5, 5.41) is 2.94. The van der Waals surface area contributed by atoms with Crippen molar-refractivity contribution in [2.45, 2.75) is 13.3 Å². The number of rotatable bonds is 5. The Balaban J connectivity index is 1.38. The van der Waals surface area contributed by atoms with E-state index in [-0.39, 0.29) is 35.1 Å². The fourth-order valence-electron chi connectivity index (χ4n) is 4.11. The molecule has 164 valence electrons. The van der Waals surface area contributed by atoms with Crippen molar-refractivity contribution in [3.05, 3.63) is 71.3 Å². The number of carbonyl (C=O) groups excluding carboxylic acids is 4. The molecule has 0 spiro atoms. The highest BCUT2D eigenvalue weighted by molar-refractivity contribution is 6.33. The molecule has 1 heterocycles. The monoisotopic (exact) mass is 452 g/mol. The lowest BCUT2D eigenvalue weighted by atomic mass is 9.78. The summed E-state index contributed by atoms with van der Waals surface area (Å²) in [5.74, 6) is -2.36. The number of para-hydroxylation sites is 1. The Labute approximate surface area is 190 Å². The van der Waals surface area contributed by atoms with Crippen molar-refractivity contribution in [1.29, 1.82) is 0 Å². The van der Waals surface area contributed by atoms with E-state index in [1.54, 1.807) is 24.3 Å². The molecule has 0 aromatic heterocycles. The van der Waals surface area contributed by atoms with Crippen molar-refractivity contribution in [2.24, 2.45) is 17.8 Å². The Morgan fingerprint density at radius 2 is 1.81 bits per heavy atom. The Hall–Kier alpha value is -3.45. The lowest BCUT2D eigenvalue weighted by molar-refractivity contribution is -0.123. The quantitative estimate of drug-likeness (QED) is 0.422. The number of hydrogen-bond acceptors (Lipinski definition) is 5. The second-order valence-electron chi connectivity index (χ2n) is 7.82. The Kier molecular flexibility index (Phi) is 6.10. The maximum Gasteiger partial charge on any atom is 0.338 e. The maximum atomic E-state index is 12.9. The highest BCUT2D eigenvalue weighted by atomic mass is 35.5. The van der Waals surface area contributed by atoms with Gasteiger partial charge in [-0.2, -0.15) is 0 Å². The number of nitrogens with zero attached hydrogens (tertiary/aromatic N) is 1. The Morgan fingerprint density at radius 3 is 2.50 bits per heavy atom. The molecule has 8 heteroatoms. The molecule has 2 aromatic rings. The molecule has 2 aromatic carbocycles. The first-order valence-electron chi connectivity index (χ1n) is 10.2. The average Bonchev–Trinajstić information content (AvgIpc) is 3.05. The lowest BCUT2D eigenvalue weighted by Gasteiger charge is -2.22. The standard InChI is InChI=1S/C24H21ClN2O5/c1-14-5-4-6-17-21(14)23(30)27(22(17)29)16-11-9-15(10-12-16)24(31)32-13-20(28)26-19-8-3-2-7-18(19)25/h2-5,7-12,14,17,21H,6,13H2,1H3,(H,26,28)/t14-,17-,21-/m1/s1. The molecule has 2 aliphatic rings. The zero-order chi connectivity index (χ0) is 22.8. The summed E-state index contributed by atoms with van der Waals surface area (Å²) < 4.78 is 5.05. The van der Waals surface area contributed by atoms with E-state index in [0.29, 0.717) is 22.8 Å². The van der Waals surface area contributed by atoms with Crippen molar-refractivity contribution >= 4 is 46.7 Å². The molecule has 1 aliphatic heterocycles. The molecule has 4 rings (SSSR count). The molecular weight excluding hydrogens is 432 g/mol. The molecule has 1 aliphatic carbocycles. The molecule has 0 unspecified atom stereocenters. The van der Waals surface area contributed by atoms with Crippen LogP contribution in [0.2, 0.25) is 5.02 Å². The third kappa shape index (κ3) is 4.16. The van der Waals surface area contributed by atoms with Crippen molar-refractivity contribution in [3.63, 3.8) is 0 Å². The third-order valence-corrected chi connectivity index (χ3v) is 6.05. The van der Waals surface area contributed by atoms with Crippen molar-refractivity contribution in [2.75, 3.05) is 16.8 Å². The topological polar surface area (TPSA) is 92.8 Å². The van der Waals surface area contributed by atoms with Gasteiger partial charge in [-0.05, 0) is 48.7 Å². The Bertz CT molecular complexity index is 1110. The second kappa shape index (κ2) is 8.96. The van der Waals surface area contributed by atoms with Crippen LogP contribution in [0.3, 0.4) is 0 Å². The predicted octanol–water partition coefficient (Wildman–Crippen LogP) is 3.84. The van der Waals surface area contributed by atoms with Gasteiger partial charge in [-0.15, -0.1) is 0 Å². The summed E-state index contributed by atoms with van der Waals surface area (Å²) in [6.45, 7) is 1.45. The summed E-state index contributed by atoms with van der Waals surface area (Å²) in [6.07, 6.45) is 4.47. The van der Waals surface area contributed by atoms with E-state index >= 15 is 0 Å². The molecule has 3 atom stereocenters. The van der Waals surface area contributed by atoms with Crippen LogP contribution in [-0.4, -0.2) is 30.3 Å². The van der Waals surface area contributed by atoms with E-state index in [2.05, 4.69) is 5.32 Å². The lowest BCUT2D eigenvalue weighted by Crippen LogP contribution is -2.31. The molecule has 1 fully saturated rings. The molecule has 0 bridgehead atoms. The van der Waals surface area contributed by atoms with Gasteiger partial charge in [0.05, 0.1) is 33.8 Å². The van der Waals surface area contributed by atoms with Crippen LogP contribution in [0.5, 0.6) is 0 Å². The van der Waals surface area contributed by atoms with Gasteiger partial charge in [0.2, 0.25) is 11.8 Å². The zero-order valence-electron chi connectivity index (χ0n) is 17.3. The van der Waals surface area contributed by atoms with Gasteiger partial charge in [0.1, 0.15) is 0 Å². The number of halogens is 1. The summed E-state index contributed by atoms with van der Waals surface area (Å²) in [7, 11) is 0. The number of hydrogen-bond donors (Lipinski definition) is 1. The van der Waals surface area contributed by atoms with Gasteiger partial charge in [0.15, 0.2) is 6.61 Å². The van der Waals surface area contributed by atoms with E-state index in [4.69, 9.17) is 16.3 Å². The molecular formula is C24H21ClN2O5. The summed E-state index contributed by atoms with van der Waals surface area (Å²) in [4.78, 5) is 51.2. The van der Waals surface area contributed by atoms with Gasteiger partial charge in [0, 0.05) is 0 Å². The van der Waals surface area contributed by atoms with Crippen LogP contribution in [0, 0.1) is 17.8 Å². The van der Waals surface area contributed by atoms with Crippen LogP contribution in [-0.2, 0) is 19.1 Å². The number of carbonyl (C=O) groups is 4. The fourth-order valence-corrected chi connectivity index (χ4v) is 4.29. The third-order valence-electron chi connectivity index (χ3n) is 5.72. The van der Waals surface area contributed by atoms with Crippen molar-refractivity contribution in [1.82, 2.24) is 0 Å². The van der Waals surface area contributed by atoms with E-state index in [0.717, 1.165) is 0 Å². The smallest absolute Gasteiger partial charge is 0.338 e. The first-order valence-corrected chi connectivity index (χ1v) is 10.6. The molecule has 3 amide bonds. The SMILES string of the molecule is C[C@@H]1C=CC[C@H]2C(=O)N(c3ccc(C(=O)OCC(=O)Nc4ccccc4Cl)cc3)C(=O)[C@H]12. The van der Waals surface area contributed by atoms with Crippen LogP contribution < -0.4 is 10.2 Å². The van der Waals surface area contributed by atoms with Gasteiger partial charge >= 0.3 is 5.97 Å². The number of anilines is 2. The minimum absolute atomic E-state index is 0.00126. The van der Waals surface area contributed by atoms with Crippen molar-refractivity contribution < 1.29 is 23.9 Å². The van der Waals surface area contributed by atoms with Crippen LogP contribution in [0.1, 0.15) is 23.7 Å². The molecule has 7 nitrogen and oxygen atoms in total. The second-order valence-corrected chi connectivity index (χ2v) is 8.23. The first kappa shape index (κ1) is 21.8. The minimum Gasteiger partial charge on any atom is -0.452 e. The molecule has 1 saturated heterocycles. The number of benzene rings is 2. The van der Waals surface area contributed by atoms with Gasteiger partial charge in [0.25, 0.3) is 5.91 Å². The Morgan fingerprint density at radius 1 is 1.09 bits per heavy atom. The number of amides is 3. The summed E-state index contributed by atoms with van der Waals surface area (Å²) >= 11 is 5.99. The van der Waals surface area contributed by atoms with Crippen LogP contribution >= 0.6 is 11.6 Å². The van der Waals surface area contributed by atoms with E-state index in [1.165, 1.54) is 29.2 Å². The van der Waals surface area contributed by atoms with Gasteiger partial charge in [-0.1, -0.05) is 42.8 Å².